The zero-order chi connectivity index (χ0) is 15.6. The van der Waals surface area contributed by atoms with E-state index in [-0.39, 0.29) is 11.9 Å². The molecule has 2 aliphatic rings. The topological polar surface area (TPSA) is 62.1 Å². The Labute approximate surface area is 136 Å². The van der Waals surface area contributed by atoms with Crippen molar-refractivity contribution in [3.63, 3.8) is 0 Å². The first kappa shape index (κ1) is 14.5. The predicted molar refractivity (Wildman–Crippen MR) is 86.1 cm³/mol. The van der Waals surface area contributed by atoms with Gasteiger partial charge in [-0.25, -0.2) is 0 Å². The highest BCUT2D eigenvalue weighted by Gasteiger charge is 2.34. The first-order valence-corrected chi connectivity index (χ1v) is 8.72. The van der Waals surface area contributed by atoms with Crippen LogP contribution in [0.2, 0.25) is 0 Å². The molecule has 5 heteroatoms. The van der Waals surface area contributed by atoms with Crippen molar-refractivity contribution in [3.05, 3.63) is 41.6 Å². The fourth-order valence-electron chi connectivity index (χ4n) is 4.11. The van der Waals surface area contributed by atoms with E-state index in [2.05, 4.69) is 10.2 Å². The maximum atomic E-state index is 13.1. The summed E-state index contributed by atoms with van der Waals surface area (Å²) in [4.78, 5) is 15.1. The minimum Gasteiger partial charge on any atom is -0.467 e. The number of furan rings is 1. The molecule has 1 aliphatic carbocycles. The Kier molecular flexibility index (Phi) is 3.93. The molecule has 0 aromatic carbocycles. The monoisotopic (exact) mass is 313 g/mol. The van der Waals surface area contributed by atoms with Crippen LogP contribution < -0.4 is 0 Å². The zero-order valence-electron chi connectivity index (χ0n) is 13.3. The first-order chi connectivity index (χ1) is 11.3. The standard InChI is InChI=1S/C18H23N3O2/c22-18(21-10-4-8-15(21)16-9-5-11-23-16)14-12-19-20-17(14)13-6-2-1-3-7-13/h5,9,11-13,15H,1-4,6-8,10H2,(H,19,20)/t15-/m1/s1. The lowest BCUT2D eigenvalue weighted by Gasteiger charge is -2.25. The van der Waals surface area contributed by atoms with E-state index in [1.54, 1.807) is 12.5 Å². The van der Waals surface area contributed by atoms with Crippen molar-refractivity contribution in [3.8, 4) is 0 Å². The second-order valence-electron chi connectivity index (χ2n) is 6.70. The van der Waals surface area contributed by atoms with Crippen molar-refractivity contribution in [2.24, 2.45) is 0 Å². The molecule has 1 N–H and O–H groups in total. The summed E-state index contributed by atoms with van der Waals surface area (Å²) < 4.78 is 5.54. The van der Waals surface area contributed by atoms with Crippen LogP contribution in [-0.2, 0) is 0 Å². The lowest BCUT2D eigenvalue weighted by atomic mass is 9.85. The lowest BCUT2D eigenvalue weighted by molar-refractivity contribution is 0.0718. The number of amides is 1. The average molecular weight is 313 g/mol. The molecule has 3 heterocycles. The molecule has 1 amide bonds. The Balaban J connectivity index is 1.58. The van der Waals surface area contributed by atoms with Crippen LogP contribution >= 0.6 is 0 Å². The maximum absolute atomic E-state index is 13.1. The minimum atomic E-state index is 0.0617. The molecule has 5 nitrogen and oxygen atoms in total. The molecule has 1 saturated heterocycles. The van der Waals surface area contributed by atoms with Crippen molar-refractivity contribution in [2.75, 3.05) is 6.54 Å². The summed E-state index contributed by atoms with van der Waals surface area (Å²) in [5.74, 6) is 1.44. The Hall–Kier alpha value is -2.04. The van der Waals surface area contributed by atoms with E-state index in [0.717, 1.165) is 49.2 Å². The molecule has 0 bridgehead atoms. The molecule has 2 aromatic rings. The molecule has 1 saturated carbocycles. The van der Waals surface area contributed by atoms with Gasteiger partial charge in [0, 0.05) is 12.5 Å². The van der Waals surface area contributed by atoms with Crippen LogP contribution in [0.5, 0.6) is 0 Å². The van der Waals surface area contributed by atoms with E-state index >= 15 is 0 Å². The highest BCUT2D eigenvalue weighted by Crippen LogP contribution is 2.37. The molecular weight excluding hydrogens is 290 g/mol. The summed E-state index contributed by atoms with van der Waals surface area (Å²) in [6.07, 6.45) is 11.5. The number of likely N-dealkylation sites (tertiary alicyclic amines) is 1. The summed E-state index contributed by atoms with van der Waals surface area (Å²) in [7, 11) is 0. The Morgan fingerprint density at radius 1 is 1.22 bits per heavy atom. The lowest BCUT2D eigenvalue weighted by Crippen LogP contribution is -2.31. The van der Waals surface area contributed by atoms with E-state index in [1.807, 2.05) is 17.0 Å². The largest absolute Gasteiger partial charge is 0.467 e. The van der Waals surface area contributed by atoms with Gasteiger partial charge < -0.3 is 9.32 Å². The van der Waals surface area contributed by atoms with Gasteiger partial charge in [-0.05, 0) is 37.8 Å². The number of aromatic amines is 1. The quantitative estimate of drug-likeness (QED) is 0.930. The van der Waals surface area contributed by atoms with Crippen LogP contribution in [0.3, 0.4) is 0 Å². The summed E-state index contributed by atoms with van der Waals surface area (Å²) in [5.41, 5.74) is 1.80. The summed E-state index contributed by atoms with van der Waals surface area (Å²) in [6.45, 7) is 0.791. The Bertz CT molecular complexity index is 656. The average Bonchev–Trinajstić information content (AvgIpc) is 3.34. The molecule has 122 valence electrons. The molecule has 0 spiro atoms. The zero-order valence-corrected chi connectivity index (χ0v) is 13.3. The van der Waals surface area contributed by atoms with Crippen molar-refractivity contribution < 1.29 is 9.21 Å². The third kappa shape index (κ3) is 2.69. The number of aromatic nitrogens is 2. The number of hydrogen-bond acceptors (Lipinski definition) is 3. The van der Waals surface area contributed by atoms with Crippen LogP contribution in [0, 0.1) is 0 Å². The number of rotatable bonds is 3. The van der Waals surface area contributed by atoms with E-state index < -0.39 is 0 Å². The molecule has 1 aliphatic heterocycles. The number of nitrogens with one attached hydrogen (secondary N) is 1. The van der Waals surface area contributed by atoms with Gasteiger partial charge in [0.25, 0.3) is 5.91 Å². The summed E-state index contributed by atoms with van der Waals surface area (Å²) in [6, 6.07) is 3.92. The highest BCUT2D eigenvalue weighted by molar-refractivity contribution is 5.95. The second-order valence-corrected chi connectivity index (χ2v) is 6.70. The van der Waals surface area contributed by atoms with Gasteiger partial charge in [0.1, 0.15) is 5.76 Å². The number of carbonyl (C=O) groups is 1. The minimum absolute atomic E-state index is 0.0617. The number of nitrogens with zero attached hydrogens (tertiary/aromatic N) is 2. The fourth-order valence-corrected chi connectivity index (χ4v) is 4.11. The third-order valence-corrected chi connectivity index (χ3v) is 5.30. The van der Waals surface area contributed by atoms with Gasteiger partial charge in [-0.15, -0.1) is 0 Å². The summed E-state index contributed by atoms with van der Waals surface area (Å²) in [5, 5.41) is 7.29. The van der Waals surface area contributed by atoms with Gasteiger partial charge in [0.05, 0.1) is 29.8 Å². The normalized spacial score (nSPS) is 22.6. The van der Waals surface area contributed by atoms with Crippen molar-refractivity contribution in [1.29, 1.82) is 0 Å². The molecule has 2 aromatic heterocycles. The molecular formula is C18H23N3O2. The smallest absolute Gasteiger partial charge is 0.257 e. The van der Waals surface area contributed by atoms with Gasteiger partial charge in [-0.1, -0.05) is 19.3 Å². The molecule has 1 atom stereocenters. The number of hydrogen-bond donors (Lipinski definition) is 1. The van der Waals surface area contributed by atoms with Gasteiger partial charge in [-0.2, -0.15) is 5.10 Å². The van der Waals surface area contributed by atoms with E-state index in [0.29, 0.717) is 5.92 Å². The Morgan fingerprint density at radius 3 is 2.87 bits per heavy atom. The molecule has 0 radical (unpaired) electrons. The van der Waals surface area contributed by atoms with Crippen LogP contribution in [0.25, 0.3) is 0 Å². The maximum Gasteiger partial charge on any atom is 0.257 e. The molecule has 0 unspecified atom stereocenters. The van der Waals surface area contributed by atoms with Crippen LogP contribution in [-0.4, -0.2) is 27.5 Å². The molecule has 23 heavy (non-hydrogen) atoms. The van der Waals surface area contributed by atoms with Crippen molar-refractivity contribution >= 4 is 5.91 Å². The van der Waals surface area contributed by atoms with E-state index in [4.69, 9.17) is 4.42 Å². The van der Waals surface area contributed by atoms with Gasteiger partial charge >= 0.3 is 0 Å². The van der Waals surface area contributed by atoms with Gasteiger partial charge in [-0.3, -0.25) is 9.89 Å². The van der Waals surface area contributed by atoms with E-state index in [1.165, 1.54) is 19.3 Å². The predicted octanol–water partition coefficient (Wildman–Crippen LogP) is 4.03. The summed E-state index contributed by atoms with van der Waals surface area (Å²) >= 11 is 0. The van der Waals surface area contributed by atoms with Crippen LogP contribution in [0.15, 0.2) is 29.0 Å². The fraction of sp³-hybridized carbons (Fsp3) is 0.556. The van der Waals surface area contributed by atoms with Crippen molar-refractivity contribution in [1.82, 2.24) is 15.1 Å². The first-order valence-electron chi connectivity index (χ1n) is 8.72. The Morgan fingerprint density at radius 2 is 2.09 bits per heavy atom. The highest BCUT2D eigenvalue weighted by atomic mass is 16.3. The van der Waals surface area contributed by atoms with Gasteiger partial charge in [0.15, 0.2) is 0 Å². The molecule has 4 rings (SSSR count). The number of carbonyl (C=O) groups excluding carboxylic acids is 1. The van der Waals surface area contributed by atoms with Crippen molar-refractivity contribution in [2.45, 2.75) is 56.9 Å². The van der Waals surface area contributed by atoms with E-state index in [9.17, 15) is 4.79 Å². The second kappa shape index (κ2) is 6.22. The van der Waals surface area contributed by atoms with Crippen LogP contribution in [0.4, 0.5) is 0 Å². The van der Waals surface area contributed by atoms with Gasteiger partial charge in [0.2, 0.25) is 0 Å². The number of H-pyrrole nitrogens is 1. The molecule has 2 fully saturated rings. The van der Waals surface area contributed by atoms with Crippen LogP contribution in [0.1, 0.15) is 78.7 Å². The third-order valence-electron chi connectivity index (χ3n) is 5.30. The SMILES string of the molecule is O=C(c1cn[nH]c1C1CCCCC1)N1CCC[C@@H]1c1ccco1.